The third-order valence-electron chi connectivity index (χ3n) is 4.86. The first kappa shape index (κ1) is 26.8. The van der Waals surface area contributed by atoms with Gasteiger partial charge in [0.05, 0.1) is 4.90 Å². The maximum atomic E-state index is 11.4. The van der Waals surface area contributed by atoms with Crippen LogP contribution in [-0.2, 0) is 16.5 Å². The van der Waals surface area contributed by atoms with Crippen LogP contribution in [0.2, 0.25) is 0 Å². The molecule has 2 rings (SSSR count). The Morgan fingerprint density at radius 1 is 0.759 bits per heavy atom. The van der Waals surface area contributed by atoms with E-state index >= 15 is 0 Å². The number of aryl methyl sites for hydroxylation is 1. The molecule has 2 aromatic carbocycles. The van der Waals surface area contributed by atoms with Crippen LogP contribution in [0.3, 0.4) is 0 Å². The number of hydrogen-bond donors (Lipinski definition) is 0. The van der Waals surface area contributed by atoms with E-state index < -0.39 is 10.1 Å². The first-order chi connectivity index (χ1) is 13.5. The molecule has 154 valence electrons. The zero-order valence-corrected chi connectivity index (χ0v) is 21.7. The van der Waals surface area contributed by atoms with Crippen molar-refractivity contribution in [3.05, 3.63) is 54.1 Å². The van der Waals surface area contributed by atoms with Gasteiger partial charge in [-0.15, -0.1) is 0 Å². The van der Waals surface area contributed by atoms with E-state index in [1.807, 2.05) is 24.3 Å². The number of unbranched alkanes of at least 4 members (excludes halogenated alkanes) is 8. The second-order valence-corrected chi connectivity index (χ2v) is 8.54. The van der Waals surface area contributed by atoms with Crippen molar-refractivity contribution in [2.75, 3.05) is 0 Å². The van der Waals surface area contributed by atoms with Crippen LogP contribution in [0.15, 0.2) is 53.4 Å². The van der Waals surface area contributed by atoms with E-state index in [4.69, 9.17) is 4.74 Å². The molecule has 0 atom stereocenters. The Balaban J connectivity index is 0.00000420. The Kier molecular flexibility index (Phi) is 13.6. The number of hydrogen-bond acceptors (Lipinski definition) is 4. The first-order valence-electron chi connectivity index (χ1n) is 10.3. The van der Waals surface area contributed by atoms with Crippen LogP contribution in [0, 0.1) is 0 Å². The maximum absolute atomic E-state index is 11.4. The summed E-state index contributed by atoms with van der Waals surface area (Å²) in [5.41, 5.74) is 1.03. The predicted molar refractivity (Wildman–Crippen MR) is 112 cm³/mol. The Bertz CT molecular complexity index is 821. The molecule has 29 heavy (non-hydrogen) atoms. The predicted octanol–water partition coefficient (Wildman–Crippen LogP) is 3.46. The summed E-state index contributed by atoms with van der Waals surface area (Å²) in [6.07, 6.45) is 12.3. The van der Waals surface area contributed by atoms with Crippen molar-refractivity contribution in [2.45, 2.75) is 76.0 Å². The van der Waals surface area contributed by atoms with E-state index in [-0.39, 0.29) is 62.0 Å². The number of benzene rings is 2. The Labute approximate surface area is 218 Å². The van der Waals surface area contributed by atoms with E-state index in [1.165, 1.54) is 69.6 Å². The Hall–Kier alpha value is -0.214. The molecule has 6 heteroatoms. The van der Waals surface area contributed by atoms with E-state index in [0.29, 0.717) is 5.75 Å². The first-order valence-corrected chi connectivity index (χ1v) is 11.7. The van der Waals surface area contributed by atoms with Crippen LogP contribution in [0.25, 0.3) is 0 Å². The second-order valence-electron chi connectivity index (χ2n) is 7.19. The Morgan fingerprint density at radius 3 is 1.90 bits per heavy atom. The molecule has 4 nitrogen and oxygen atoms in total. The van der Waals surface area contributed by atoms with Crippen LogP contribution in [0.5, 0.6) is 11.5 Å². The molecule has 0 bridgehead atoms. The summed E-state index contributed by atoms with van der Waals surface area (Å²) < 4.78 is 40.2. The zero-order valence-electron chi connectivity index (χ0n) is 17.7. The largest absolute Gasteiger partial charge is 1.00 e. The molecule has 0 spiro atoms. The molecule has 0 unspecified atom stereocenters. The van der Waals surface area contributed by atoms with Crippen molar-refractivity contribution in [2.24, 2.45) is 0 Å². The third-order valence-corrected chi connectivity index (χ3v) is 5.74. The van der Waals surface area contributed by atoms with E-state index in [0.717, 1.165) is 18.4 Å². The van der Waals surface area contributed by atoms with Gasteiger partial charge in [0.15, 0.2) is 0 Å². The van der Waals surface area contributed by atoms with Gasteiger partial charge in [0.25, 0.3) is 0 Å². The normalized spacial score (nSPS) is 11.1. The van der Waals surface area contributed by atoms with Gasteiger partial charge in [0, 0.05) is 0 Å². The van der Waals surface area contributed by atoms with Crippen molar-refractivity contribution in [3.63, 3.8) is 0 Å². The minimum atomic E-state index is -4.58. The zero-order chi connectivity index (χ0) is 20.2. The number of ether oxygens (including phenoxy) is 1. The van der Waals surface area contributed by atoms with Crippen LogP contribution in [0.1, 0.15) is 70.3 Å². The van der Waals surface area contributed by atoms with Crippen molar-refractivity contribution in [1.29, 1.82) is 0 Å². The molecule has 0 saturated heterocycles. The molecule has 0 N–H and O–H groups in total. The molecule has 0 aliphatic carbocycles. The number of para-hydroxylation sites is 2. The van der Waals surface area contributed by atoms with Crippen molar-refractivity contribution in [1.82, 2.24) is 0 Å². The molecule has 0 fully saturated rings. The molecular formula is C23H31KO4S. The van der Waals surface area contributed by atoms with Crippen molar-refractivity contribution < 1.29 is 69.1 Å². The molecule has 2 aromatic rings. The van der Waals surface area contributed by atoms with Gasteiger partial charge in [-0.05, 0) is 36.6 Å². The topological polar surface area (TPSA) is 66.4 Å². The van der Waals surface area contributed by atoms with Gasteiger partial charge >= 0.3 is 51.4 Å². The van der Waals surface area contributed by atoms with Crippen LogP contribution in [-0.4, -0.2) is 13.0 Å². The SMILES string of the molecule is CCCCCCCCCCCc1ccccc1Oc1ccccc1S(=O)(=O)[O-].[K+]. The van der Waals surface area contributed by atoms with E-state index in [2.05, 4.69) is 6.92 Å². The van der Waals surface area contributed by atoms with Crippen molar-refractivity contribution >= 4 is 10.1 Å². The maximum Gasteiger partial charge on any atom is 1.00 e. The minimum absolute atomic E-state index is 0. The summed E-state index contributed by atoms with van der Waals surface area (Å²) in [4.78, 5) is -0.326. The molecule has 0 amide bonds. The number of rotatable bonds is 13. The van der Waals surface area contributed by atoms with Gasteiger partial charge in [-0.1, -0.05) is 88.6 Å². The second kappa shape index (κ2) is 14.7. The van der Waals surface area contributed by atoms with Gasteiger partial charge in [-0.3, -0.25) is 0 Å². The Morgan fingerprint density at radius 2 is 1.28 bits per heavy atom. The van der Waals surface area contributed by atoms with Gasteiger partial charge < -0.3 is 9.29 Å². The smallest absolute Gasteiger partial charge is 0.744 e. The minimum Gasteiger partial charge on any atom is -0.744 e. The summed E-state index contributed by atoms with van der Waals surface area (Å²) in [6, 6.07) is 13.6. The molecule has 0 saturated carbocycles. The van der Waals surface area contributed by atoms with E-state index in [1.54, 1.807) is 6.07 Å². The molecule has 0 aromatic heterocycles. The molecular weight excluding hydrogens is 411 g/mol. The fourth-order valence-electron chi connectivity index (χ4n) is 3.30. The summed E-state index contributed by atoms with van der Waals surface area (Å²) in [5.74, 6) is 0.690. The fourth-order valence-corrected chi connectivity index (χ4v) is 3.90. The average Bonchev–Trinajstić information content (AvgIpc) is 2.67. The van der Waals surface area contributed by atoms with Crippen LogP contribution in [0.4, 0.5) is 0 Å². The average molecular weight is 443 g/mol. The van der Waals surface area contributed by atoms with Crippen LogP contribution < -0.4 is 56.1 Å². The van der Waals surface area contributed by atoms with Gasteiger partial charge in [-0.2, -0.15) is 0 Å². The molecule has 0 aliphatic rings. The fraction of sp³-hybridized carbons (Fsp3) is 0.478. The van der Waals surface area contributed by atoms with E-state index in [9.17, 15) is 13.0 Å². The third kappa shape index (κ3) is 10.1. The molecule has 0 heterocycles. The van der Waals surface area contributed by atoms with Crippen molar-refractivity contribution in [3.8, 4) is 11.5 Å². The van der Waals surface area contributed by atoms with Gasteiger partial charge in [0.1, 0.15) is 21.6 Å². The van der Waals surface area contributed by atoms with Gasteiger partial charge in [-0.25, -0.2) is 8.42 Å². The summed E-state index contributed by atoms with van der Waals surface area (Å²) >= 11 is 0. The molecule has 0 radical (unpaired) electrons. The van der Waals surface area contributed by atoms with Crippen LogP contribution >= 0.6 is 0 Å². The summed E-state index contributed by atoms with van der Waals surface area (Å²) in [7, 11) is -4.58. The summed E-state index contributed by atoms with van der Waals surface area (Å²) in [5, 5.41) is 0. The standard InChI is InChI=1S/C23H32O4S.K/c1-2-3-4-5-6-7-8-9-10-15-20-16-11-12-17-21(20)27-22-18-13-14-19-23(22)28(24,25)26;/h11-14,16-19H,2-10,15H2,1H3,(H,24,25,26);/q;+1/p-1. The van der Waals surface area contributed by atoms with Gasteiger partial charge in [0.2, 0.25) is 0 Å². The summed E-state index contributed by atoms with van der Waals surface area (Å²) in [6.45, 7) is 2.24. The quantitative estimate of drug-likeness (QED) is 0.271. The monoisotopic (exact) mass is 442 g/mol. The molecule has 0 aliphatic heterocycles.